The minimum Gasteiger partial charge on any atom is -0.309 e. The molecule has 0 unspecified atom stereocenters. The third kappa shape index (κ3) is 2.48. The second-order valence-electron chi connectivity index (χ2n) is 10.9. The predicted octanol–water partition coefficient (Wildman–Crippen LogP) is 11.1. The van der Waals surface area contributed by atoms with E-state index in [1.54, 1.807) is 0 Å². The lowest BCUT2D eigenvalue weighted by molar-refractivity contribution is 1.20. The van der Waals surface area contributed by atoms with Gasteiger partial charge in [-0.3, -0.25) is 0 Å². The van der Waals surface area contributed by atoms with Crippen molar-refractivity contribution in [1.82, 2.24) is 4.57 Å². The molecule has 0 bridgehead atoms. The zero-order valence-corrected chi connectivity index (χ0v) is 22.3. The van der Waals surface area contributed by atoms with Crippen LogP contribution in [0.4, 0.5) is 0 Å². The molecule has 1 aliphatic rings. The van der Waals surface area contributed by atoms with Crippen molar-refractivity contribution in [2.75, 3.05) is 0 Å². The minimum absolute atomic E-state index is 1.24. The summed E-state index contributed by atoms with van der Waals surface area (Å²) in [5.74, 6) is 0. The summed E-state index contributed by atoms with van der Waals surface area (Å²) in [6.45, 7) is 0. The second kappa shape index (κ2) is 7.38. The van der Waals surface area contributed by atoms with Crippen molar-refractivity contribution in [3.8, 4) is 27.9 Å². The monoisotopic (exact) mass is 523 g/mol. The van der Waals surface area contributed by atoms with Gasteiger partial charge in [-0.25, -0.2) is 0 Å². The highest BCUT2D eigenvalue weighted by Crippen LogP contribution is 2.50. The lowest BCUT2D eigenvalue weighted by Crippen LogP contribution is -1.95. The Balaban J connectivity index is 1.43. The summed E-state index contributed by atoms with van der Waals surface area (Å²) in [6.07, 6.45) is 0. The van der Waals surface area contributed by atoms with E-state index < -0.39 is 0 Å². The van der Waals surface area contributed by atoms with Crippen LogP contribution in [0.2, 0.25) is 0 Å². The standard InChI is InChI=1S/C38H21NS/c1-2-9-23-22(8-1)16-19-32-36(23)37-33(21-18-29-26-12-5-6-15-34(26)40-38(29)37)39(32)31-20-17-28-25-11-4-3-10-24(25)27-13-7-14-30(31)35(27)28/h1-21H. The Morgan fingerprint density at radius 3 is 1.98 bits per heavy atom. The molecule has 0 radical (unpaired) electrons. The molecule has 0 atom stereocenters. The van der Waals surface area contributed by atoms with Crippen LogP contribution in [0, 0.1) is 0 Å². The summed E-state index contributed by atoms with van der Waals surface area (Å²) in [4.78, 5) is 0. The number of thiophene rings is 1. The summed E-state index contributed by atoms with van der Waals surface area (Å²) in [7, 11) is 0. The molecule has 0 fully saturated rings. The zero-order valence-electron chi connectivity index (χ0n) is 21.5. The van der Waals surface area contributed by atoms with Gasteiger partial charge >= 0.3 is 0 Å². The molecule has 40 heavy (non-hydrogen) atoms. The molecule has 1 nitrogen and oxygen atoms in total. The highest BCUT2D eigenvalue weighted by atomic mass is 32.1. The average Bonchev–Trinajstić information content (AvgIpc) is 3.66. The van der Waals surface area contributed by atoms with Gasteiger partial charge in [0.1, 0.15) is 0 Å². The summed E-state index contributed by atoms with van der Waals surface area (Å²) < 4.78 is 5.23. The van der Waals surface area contributed by atoms with E-state index in [1.807, 2.05) is 11.3 Å². The van der Waals surface area contributed by atoms with Crippen molar-refractivity contribution < 1.29 is 0 Å². The van der Waals surface area contributed by atoms with E-state index in [9.17, 15) is 0 Å². The van der Waals surface area contributed by atoms with E-state index in [0.29, 0.717) is 0 Å². The fourth-order valence-electron chi connectivity index (χ4n) is 7.29. The number of nitrogens with zero attached hydrogens (tertiary/aromatic N) is 1. The van der Waals surface area contributed by atoms with E-state index in [1.165, 1.54) is 91.5 Å². The minimum atomic E-state index is 1.24. The summed E-state index contributed by atoms with van der Waals surface area (Å²) >= 11 is 1.92. The molecule has 9 aromatic rings. The SMILES string of the molecule is c1ccc2c(c1)-c1cccc3c(-n4c5ccc6ccccc6c5c5c6sc7ccccc7c6ccc54)ccc-2c13. The first-order valence-corrected chi connectivity index (χ1v) is 14.6. The van der Waals surface area contributed by atoms with E-state index in [4.69, 9.17) is 0 Å². The highest BCUT2D eigenvalue weighted by Gasteiger charge is 2.25. The normalized spacial score (nSPS) is 12.5. The summed E-state index contributed by atoms with van der Waals surface area (Å²) in [5, 5.41) is 10.6. The fraction of sp³-hybridized carbons (Fsp3) is 0. The molecule has 0 amide bonds. The number of hydrogen-bond donors (Lipinski definition) is 0. The molecule has 0 N–H and O–H groups in total. The van der Waals surface area contributed by atoms with Gasteiger partial charge in [-0.05, 0) is 62.7 Å². The van der Waals surface area contributed by atoms with Gasteiger partial charge in [0.05, 0.1) is 16.7 Å². The molecule has 1 aliphatic carbocycles. The van der Waals surface area contributed by atoms with E-state index >= 15 is 0 Å². The molecule has 2 aromatic heterocycles. The van der Waals surface area contributed by atoms with Crippen LogP contribution in [0.5, 0.6) is 0 Å². The van der Waals surface area contributed by atoms with Crippen molar-refractivity contribution in [3.05, 3.63) is 127 Å². The van der Waals surface area contributed by atoms with Gasteiger partial charge in [0.2, 0.25) is 0 Å². The number of aromatic nitrogens is 1. The van der Waals surface area contributed by atoms with Crippen LogP contribution in [-0.2, 0) is 0 Å². The van der Waals surface area contributed by atoms with Crippen LogP contribution in [0.1, 0.15) is 0 Å². The first kappa shape index (κ1) is 21.0. The molecule has 184 valence electrons. The fourth-order valence-corrected chi connectivity index (χ4v) is 8.54. The molecule has 0 saturated heterocycles. The van der Waals surface area contributed by atoms with Crippen LogP contribution in [0.15, 0.2) is 127 Å². The first-order chi connectivity index (χ1) is 19.9. The second-order valence-corrected chi connectivity index (χ2v) is 11.9. The maximum absolute atomic E-state index is 2.52. The summed E-state index contributed by atoms with van der Waals surface area (Å²) in [6, 6.07) is 47.3. The van der Waals surface area contributed by atoms with E-state index in [-0.39, 0.29) is 0 Å². The smallest absolute Gasteiger partial charge is 0.0556 e. The van der Waals surface area contributed by atoms with Crippen molar-refractivity contribution >= 4 is 74.9 Å². The van der Waals surface area contributed by atoms with Crippen molar-refractivity contribution in [2.24, 2.45) is 0 Å². The Bertz CT molecular complexity index is 2510. The number of benzene rings is 7. The molecule has 0 spiro atoms. The Labute approximate surface area is 234 Å². The van der Waals surface area contributed by atoms with Crippen LogP contribution in [0.25, 0.3) is 91.5 Å². The topological polar surface area (TPSA) is 4.93 Å². The Morgan fingerprint density at radius 2 is 1.07 bits per heavy atom. The lowest BCUT2D eigenvalue weighted by atomic mass is 10.0. The van der Waals surface area contributed by atoms with Crippen molar-refractivity contribution in [3.63, 3.8) is 0 Å². The van der Waals surface area contributed by atoms with Gasteiger partial charge in [-0.1, -0.05) is 103 Å². The van der Waals surface area contributed by atoms with Crippen LogP contribution in [-0.4, -0.2) is 4.57 Å². The lowest BCUT2D eigenvalue weighted by Gasteiger charge is -2.13. The molecular formula is C38H21NS. The molecule has 2 heteroatoms. The first-order valence-electron chi connectivity index (χ1n) is 13.8. The third-order valence-electron chi connectivity index (χ3n) is 8.93. The number of fused-ring (bicyclic) bond motifs is 12. The van der Waals surface area contributed by atoms with Gasteiger partial charge in [0.25, 0.3) is 0 Å². The predicted molar refractivity (Wildman–Crippen MR) is 173 cm³/mol. The molecule has 7 aromatic carbocycles. The molecule has 0 saturated carbocycles. The van der Waals surface area contributed by atoms with Crippen molar-refractivity contribution in [1.29, 1.82) is 0 Å². The van der Waals surface area contributed by atoms with E-state index in [0.717, 1.165) is 0 Å². The Kier molecular flexibility index (Phi) is 3.87. The van der Waals surface area contributed by atoms with Crippen LogP contribution in [0.3, 0.4) is 0 Å². The molecule has 2 heterocycles. The Morgan fingerprint density at radius 1 is 0.400 bits per heavy atom. The average molecular weight is 524 g/mol. The van der Waals surface area contributed by atoms with Crippen molar-refractivity contribution in [2.45, 2.75) is 0 Å². The number of rotatable bonds is 1. The Hall–Kier alpha value is -4.92. The molecular weight excluding hydrogens is 502 g/mol. The largest absolute Gasteiger partial charge is 0.309 e. The molecule has 0 aliphatic heterocycles. The highest BCUT2D eigenvalue weighted by molar-refractivity contribution is 7.26. The quantitative estimate of drug-likeness (QED) is 0.202. The van der Waals surface area contributed by atoms with Crippen LogP contribution < -0.4 is 0 Å². The number of hydrogen-bond acceptors (Lipinski definition) is 1. The van der Waals surface area contributed by atoms with Gasteiger partial charge in [-0.2, -0.15) is 0 Å². The maximum atomic E-state index is 2.52. The van der Waals surface area contributed by atoms with Gasteiger partial charge in [-0.15, -0.1) is 11.3 Å². The van der Waals surface area contributed by atoms with Crippen LogP contribution >= 0.6 is 11.3 Å². The molecule has 10 rings (SSSR count). The maximum Gasteiger partial charge on any atom is 0.0556 e. The van der Waals surface area contributed by atoms with Gasteiger partial charge in [0, 0.05) is 36.3 Å². The zero-order chi connectivity index (χ0) is 25.9. The summed E-state index contributed by atoms with van der Waals surface area (Å²) in [5.41, 5.74) is 9.10. The van der Waals surface area contributed by atoms with Gasteiger partial charge < -0.3 is 4.57 Å². The third-order valence-corrected chi connectivity index (χ3v) is 10.1. The van der Waals surface area contributed by atoms with E-state index in [2.05, 4.69) is 132 Å². The van der Waals surface area contributed by atoms with Gasteiger partial charge in [0.15, 0.2) is 0 Å².